The molecule has 1 aliphatic carbocycles. The Labute approximate surface area is 181 Å². The van der Waals surface area contributed by atoms with Crippen LogP contribution in [-0.2, 0) is 32.0 Å². The molecule has 1 saturated heterocycles. The number of allylic oxidation sites excluding steroid dienone is 1. The maximum atomic E-state index is 12.4. The summed E-state index contributed by atoms with van der Waals surface area (Å²) in [6.07, 6.45) is 2.31. The van der Waals surface area contributed by atoms with Gasteiger partial charge in [0.25, 0.3) is 0 Å². The fourth-order valence-corrected chi connectivity index (χ4v) is 4.61. The molecule has 1 N–H and O–H groups in total. The van der Waals surface area contributed by atoms with Crippen LogP contribution in [0.2, 0.25) is 0 Å². The molecule has 0 aromatic heterocycles. The molecule has 2 aliphatic rings. The Morgan fingerprint density at radius 3 is 2.71 bits per heavy atom. The fourth-order valence-electron chi connectivity index (χ4n) is 4.61. The minimum Gasteiger partial charge on any atom is -0.465 e. The van der Waals surface area contributed by atoms with Crippen LogP contribution in [0.25, 0.3) is 0 Å². The lowest BCUT2D eigenvalue weighted by atomic mass is 9.75. The molecule has 1 amide bonds. The van der Waals surface area contributed by atoms with Gasteiger partial charge in [-0.2, -0.15) is 0 Å². The smallest absolute Gasteiger partial charge is 0.313 e. The molecular formula is C25H25NO5. The van der Waals surface area contributed by atoms with E-state index in [0.29, 0.717) is 30.9 Å². The van der Waals surface area contributed by atoms with Gasteiger partial charge >= 0.3 is 11.9 Å². The summed E-state index contributed by atoms with van der Waals surface area (Å²) in [7, 11) is 0. The highest BCUT2D eigenvalue weighted by Crippen LogP contribution is 2.52. The predicted octanol–water partition coefficient (Wildman–Crippen LogP) is 3.85. The summed E-state index contributed by atoms with van der Waals surface area (Å²) in [5, 5.41) is 2.88. The van der Waals surface area contributed by atoms with Crippen molar-refractivity contribution in [3.05, 3.63) is 71.8 Å². The van der Waals surface area contributed by atoms with Crippen LogP contribution in [0.4, 0.5) is 5.69 Å². The van der Waals surface area contributed by atoms with E-state index in [1.165, 1.54) is 6.92 Å². The van der Waals surface area contributed by atoms with Crippen molar-refractivity contribution < 1.29 is 23.9 Å². The Bertz CT molecular complexity index is 1040. The average molecular weight is 419 g/mol. The Balaban J connectivity index is 1.38. The molecule has 1 aliphatic heterocycles. The van der Waals surface area contributed by atoms with E-state index in [1.54, 1.807) is 18.2 Å². The van der Waals surface area contributed by atoms with Gasteiger partial charge in [-0.1, -0.05) is 36.4 Å². The average Bonchev–Trinajstić information content (AvgIpc) is 3.17. The zero-order valence-corrected chi connectivity index (χ0v) is 17.5. The third-order valence-corrected chi connectivity index (χ3v) is 5.99. The molecular weight excluding hydrogens is 394 g/mol. The summed E-state index contributed by atoms with van der Waals surface area (Å²) in [4.78, 5) is 36.0. The van der Waals surface area contributed by atoms with E-state index in [0.717, 1.165) is 23.1 Å². The Hall–Kier alpha value is -3.41. The van der Waals surface area contributed by atoms with Crippen molar-refractivity contribution in [2.24, 2.45) is 11.3 Å². The lowest BCUT2D eigenvalue weighted by molar-refractivity contribution is -0.146. The molecule has 160 valence electrons. The van der Waals surface area contributed by atoms with E-state index in [2.05, 4.69) is 11.9 Å². The molecule has 1 heterocycles. The molecule has 0 bridgehead atoms. The number of esters is 2. The highest BCUT2D eigenvalue weighted by atomic mass is 16.5. The first-order chi connectivity index (χ1) is 14.8. The molecule has 2 aromatic carbocycles. The van der Waals surface area contributed by atoms with Crippen LogP contribution in [0.5, 0.6) is 5.75 Å². The second-order valence-corrected chi connectivity index (χ2v) is 8.42. The van der Waals surface area contributed by atoms with Crippen molar-refractivity contribution in [2.75, 3.05) is 11.9 Å². The Morgan fingerprint density at radius 1 is 1.19 bits per heavy atom. The summed E-state index contributed by atoms with van der Waals surface area (Å²) in [6, 6.07) is 14.5. The topological polar surface area (TPSA) is 81.7 Å². The van der Waals surface area contributed by atoms with Crippen LogP contribution in [-0.4, -0.2) is 24.5 Å². The zero-order valence-electron chi connectivity index (χ0n) is 17.5. The van der Waals surface area contributed by atoms with Gasteiger partial charge in [0.1, 0.15) is 5.75 Å². The summed E-state index contributed by atoms with van der Waals surface area (Å²) < 4.78 is 10.4. The molecule has 2 aromatic rings. The van der Waals surface area contributed by atoms with Gasteiger partial charge in [0, 0.05) is 18.5 Å². The van der Waals surface area contributed by atoms with Gasteiger partial charge in [-0.15, -0.1) is 0 Å². The number of rotatable bonds is 6. The maximum absolute atomic E-state index is 12.4. The number of anilines is 1. The highest BCUT2D eigenvalue weighted by molar-refractivity contribution is 5.92. The molecule has 4 rings (SSSR count). The van der Waals surface area contributed by atoms with Crippen molar-refractivity contribution in [1.82, 2.24) is 0 Å². The molecule has 6 nitrogen and oxygen atoms in total. The number of cyclic esters (lactones) is 1. The van der Waals surface area contributed by atoms with Crippen molar-refractivity contribution in [1.29, 1.82) is 0 Å². The number of amides is 1. The van der Waals surface area contributed by atoms with Gasteiger partial charge in [0.2, 0.25) is 5.91 Å². The first kappa shape index (κ1) is 20.8. The molecule has 2 fully saturated rings. The fraction of sp³-hybridized carbons (Fsp3) is 0.320. The number of nitrogens with one attached hydrogen (secondary N) is 1. The van der Waals surface area contributed by atoms with E-state index < -0.39 is 11.4 Å². The molecule has 0 spiro atoms. The number of hydrogen-bond donors (Lipinski definition) is 1. The van der Waals surface area contributed by atoms with Gasteiger partial charge in [-0.05, 0) is 54.7 Å². The van der Waals surface area contributed by atoms with Crippen LogP contribution >= 0.6 is 0 Å². The highest BCUT2D eigenvalue weighted by Gasteiger charge is 2.55. The SMILES string of the molecule is C=C1C[C@@H]2COC(=O)C2(Cc2ccc(NC(=O)Cc3cccc(OC(C)=O)c3)cc2)C1. The summed E-state index contributed by atoms with van der Waals surface area (Å²) in [5.74, 6) is -0.0721. The first-order valence-electron chi connectivity index (χ1n) is 10.3. The molecule has 2 atom stereocenters. The van der Waals surface area contributed by atoms with E-state index in [-0.39, 0.29) is 24.2 Å². The van der Waals surface area contributed by atoms with Gasteiger partial charge in [0.05, 0.1) is 18.4 Å². The standard InChI is InChI=1S/C25H25NO5/c1-16-10-20-15-30-24(29)25(20,13-16)14-18-6-8-21(9-7-18)26-23(28)12-19-4-3-5-22(11-19)31-17(2)27/h3-9,11,20H,1,10,12-15H2,2H3,(H,26,28)/t20-,25?/m1/s1. The largest absolute Gasteiger partial charge is 0.465 e. The molecule has 31 heavy (non-hydrogen) atoms. The van der Waals surface area contributed by atoms with Crippen LogP contribution < -0.4 is 10.1 Å². The summed E-state index contributed by atoms with van der Waals surface area (Å²) >= 11 is 0. The molecule has 0 radical (unpaired) electrons. The van der Waals surface area contributed by atoms with Gasteiger partial charge in [0.15, 0.2) is 0 Å². The van der Waals surface area contributed by atoms with Crippen LogP contribution in [0.3, 0.4) is 0 Å². The van der Waals surface area contributed by atoms with E-state index in [1.807, 2.05) is 30.3 Å². The van der Waals surface area contributed by atoms with Gasteiger partial charge < -0.3 is 14.8 Å². The Morgan fingerprint density at radius 2 is 1.97 bits per heavy atom. The lowest BCUT2D eigenvalue weighted by Crippen LogP contribution is -2.31. The third-order valence-electron chi connectivity index (χ3n) is 5.99. The number of carbonyl (C=O) groups is 3. The van der Waals surface area contributed by atoms with Gasteiger partial charge in [-0.3, -0.25) is 14.4 Å². The Kier molecular flexibility index (Phi) is 5.63. The third kappa shape index (κ3) is 4.53. The second kappa shape index (κ2) is 8.38. The maximum Gasteiger partial charge on any atom is 0.313 e. The van der Waals surface area contributed by atoms with Crippen molar-refractivity contribution >= 4 is 23.5 Å². The zero-order chi connectivity index (χ0) is 22.0. The number of carbonyl (C=O) groups excluding carboxylic acids is 3. The molecule has 6 heteroatoms. The lowest BCUT2D eigenvalue weighted by Gasteiger charge is -2.24. The van der Waals surface area contributed by atoms with Crippen LogP contribution in [0, 0.1) is 11.3 Å². The second-order valence-electron chi connectivity index (χ2n) is 8.42. The number of ether oxygens (including phenoxy) is 2. The number of hydrogen-bond acceptors (Lipinski definition) is 5. The quantitative estimate of drug-likeness (QED) is 0.437. The summed E-state index contributed by atoms with van der Waals surface area (Å²) in [5.41, 5.74) is 3.09. The van der Waals surface area contributed by atoms with Crippen LogP contribution in [0.15, 0.2) is 60.7 Å². The minimum absolute atomic E-state index is 0.121. The minimum atomic E-state index is -0.491. The number of fused-ring (bicyclic) bond motifs is 1. The van der Waals surface area contributed by atoms with Gasteiger partial charge in [-0.25, -0.2) is 0 Å². The van der Waals surface area contributed by atoms with E-state index in [4.69, 9.17) is 9.47 Å². The molecule has 1 unspecified atom stereocenters. The van der Waals surface area contributed by atoms with Crippen molar-refractivity contribution in [3.63, 3.8) is 0 Å². The summed E-state index contributed by atoms with van der Waals surface area (Å²) in [6.45, 7) is 5.89. The van der Waals surface area contributed by atoms with Crippen molar-refractivity contribution in [2.45, 2.75) is 32.6 Å². The first-order valence-corrected chi connectivity index (χ1v) is 10.3. The normalized spacial score (nSPS) is 22.0. The van der Waals surface area contributed by atoms with Crippen LogP contribution in [0.1, 0.15) is 30.9 Å². The molecule has 1 saturated carbocycles. The van der Waals surface area contributed by atoms with Crippen molar-refractivity contribution in [3.8, 4) is 5.75 Å². The van der Waals surface area contributed by atoms with E-state index in [9.17, 15) is 14.4 Å². The number of benzene rings is 2. The monoisotopic (exact) mass is 419 g/mol. The van der Waals surface area contributed by atoms with E-state index >= 15 is 0 Å². The predicted molar refractivity (Wildman–Crippen MR) is 115 cm³/mol.